The lowest BCUT2D eigenvalue weighted by molar-refractivity contribution is -0.144. The maximum absolute atomic E-state index is 14.6. The van der Waals surface area contributed by atoms with Gasteiger partial charge in [-0.15, -0.1) is 0 Å². The van der Waals surface area contributed by atoms with Gasteiger partial charge in [0.2, 0.25) is 11.8 Å². The molecule has 0 spiro atoms. The molecule has 178 valence electrons. The summed E-state index contributed by atoms with van der Waals surface area (Å²) in [6.45, 7) is 2.93. The number of likely N-dealkylation sites (tertiary alicyclic amines) is 1. The second-order valence-electron chi connectivity index (χ2n) is 9.18. The Morgan fingerprint density at radius 1 is 1.09 bits per heavy atom. The molecule has 2 fully saturated rings. The van der Waals surface area contributed by atoms with Gasteiger partial charge in [0.15, 0.2) is 0 Å². The molecule has 0 bridgehead atoms. The maximum atomic E-state index is 14.6. The van der Waals surface area contributed by atoms with Crippen LogP contribution >= 0.6 is 0 Å². The van der Waals surface area contributed by atoms with Crippen LogP contribution < -0.4 is 5.32 Å². The topological polar surface area (TPSA) is 65.2 Å². The lowest BCUT2D eigenvalue weighted by Crippen LogP contribution is -2.49. The molecule has 8 heteroatoms. The number of fused-ring (bicyclic) bond motifs is 1. The van der Waals surface area contributed by atoms with Crippen molar-refractivity contribution in [2.24, 2.45) is 5.92 Å². The Kier molecular flexibility index (Phi) is 5.83. The molecule has 1 atom stereocenters. The summed E-state index contributed by atoms with van der Waals surface area (Å²) < 4.78 is 42.2. The molecule has 2 amide bonds. The second kappa shape index (κ2) is 8.81. The van der Waals surface area contributed by atoms with Gasteiger partial charge in [-0.1, -0.05) is 0 Å². The van der Waals surface area contributed by atoms with Crippen LogP contribution in [0.3, 0.4) is 0 Å². The first-order chi connectivity index (χ1) is 16.4. The quantitative estimate of drug-likeness (QED) is 0.560. The van der Waals surface area contributed by atoms with Gasteiger partial charge in [-0.05, 0) is 80.0 Å². The number of hydrogen-bond donors (Lipinski definition) is 2. The predicted octanol–water partition coefficient (Wildman–Crippen LogP) is 4.87. The minimum Gasteiger partial charge on any atom is -0.355 e. The van der Waals surface area contributed by atoms with Crippen molar-refractivity contribution in [2.45, 2.75) is 44.6 Å². The highest BCUT2D eigenvalue weighted by Gasteiger charge is 2.43. The number of aromatic amines is 1. The summed E-state index contributed by atoms with van der Waals surface area (Å²) in [6.07, 6.45) is 2.50. The zero-order valence-electron chi connectivity index (χ0n) is 18.8. The molecule has 2 aliphatic rings. The molecule has 1 aromatic heterocycles. The van der Waals surface area contributed by atoms with Crippen LogP contribution in [-0.2, 0) is 9.59 Å². The van der Waals surface area contributed by atoms with Crippen LogP contribution in [0.2, 0.25) is 0 Å². The Balaban J connectivity index is 1.43. The fraction of sp³-hybridized carbons (Fsp3) is 0.385. The van der Waals surface area contributed by atoms with Crippen LogP contribution in [-0.4, -0.2) is 40.8 Å². The minimum atomic E-state index is -0.696. The highest BCUT2D eigenvalue weighted by atomic mass is 19.1. The fourth-order valence-electron chi connectivity index (χ4n) is 5.39. The van der Waals surface area contributed by atoms with Crippen molar-refractivity contribution in [3.8, 4) is 11.3 Å². The molecule has 2 heterocycles. The van der Waals surface area contributed by atoms with Gasteiger partial charge in [0.25, 0.3) is 0 Å². The Hall–Kier alpha value is -3.29. The van der Waals surface area contributed by atoms with Gasteiger partial charge in [-0.25, -0.2) is 13.2 Å². The van der Waals surface area contributed by atoms with Gasteiger partial charge in [-0.2, -0.15) is 0 Å². The molecule has 2 N–H and O–H groups in total. The van der Waals surface area contributed by atoms with E-state index in [1.54, 1.807) is 17.0 Å². The molecular formula is C26H26F3N3O2. The van der Waals surface area contributed by atoms with Crippen molar-refractivity contribution in [3.63, 3.8) is 0 Å². The third kappa shape index (κ3) is 3.85. The van der Waals surface area contributed by atoms with Gasteiger partial charge in [0, 0.05) is 30.5 Å². The number of nitrogens with one attached hydrogen (secondary N) is 2. The molecule has 2 aromatic carbocycles. The third-order valence-corrected chi connectivity index (χ3v) is 7.08. The first-order valence-corrected chi connectivity index (χ1v) is 11.7. The van der Waals surface area contributed by atoms with E-state index in [0.29, 0.717) is 49.0 Å². The number of halogens is 3. The molecule has 1 aliphatic carbocycles. The van der Waals surface area contributed by atoms with Crippen LogP contribution in [0.5, 0.6) is 0 Å². The Morgan fingerprint density at radius 3 is 2.53 bits per heavy atom. The summed E-state index contributed by atoms with van der Waals surface area (Å²) >= 11 is 0. The third-order valence-electron chi connectivity index (χ3n) is 7.08. The first-order valence-electron chi connectivity index (χ1n) is 11.7. The van der Waals surface area contributed by atoms with Crippen molar-refractivity contribution in [1.82, 2.24) is 15.2 Å². The molecule has 34 heavy (non-hydrogen) atoms. The molecule has 5 rings (SSSR count). The van der Waals surface area contributed by atoms with Gasteiger partial charge in [-0.3, -0.25) is 9.59 Å². The van der Waals surface area contributed by atoms with E-state index in [9.17, 15) is 22.8 Å². The molecule has 1 aliphatic heterocycles. The van der Waals surface area contributed by atoms with Gasteiger partial charge >= 0.3 is 0 Å². The van der Waals surface area contributed by atoms with Crippen LogP contribution in [0.25, 0.3) is 22.2 Å². The van der Waals surface area contributed by atoms with Crippen LogP contribution in [0.15, 0.2) is 36.4 Å². The summed E-state index contributed by atoms with van der Waals surface area (Å²) in [4.78, 5) is 30.3. The maximum Gasteiger partial charge on any atom is 0.242 e. The molecule has 0 radical (unpaired) electrons. The van der Waals surface area contributed by atoms with Crippen molar-refractivity contribution >= 4 is 22.7 Å². The van der Waals surface area contributed by atoms with Crippen molar-refractivity contribution in [3.05, 3.63) is 59.4 Å². The number of likely N-dealkylation sites (N-methyl/N-ethyl adjacent to an activating group) is 1. The van der Waals surface area contributed by atoms with Gasteiger partial charge in [0.1, 0.15) is 23.5 Å². The number of amides is 2. The summed E-state index contributed by atoms with van der Waals surface area (Å²) in [6, 6.07) is 7.54. The van der Waals surface area contributed by atoms with Crippen molar-refractivity contribution in [2.75, 3.05) is 13.1 Å². The number of rotatable bonds is 5. The van der Waals surface area contributed by atoms with E-state index in [1.165, 1.54) is 18.2 Å². The number of aromatic nitrogens is 1. The summed E-state index contributed by atoms with van der Waals surface area (Å²) in [5, 5.41) is 3.24. The minimum absolute atomic E-state index is 0.0365. The molecule has 3 aromatic rings. The van der Waals surface area contributed by atoms with E-state index in [-0.39, 0.29) is 35.0 Å². The number of H-pyrrole nitrogens is 1. The average molecular weight is 470 g/mol. The van der Waals surface area contributed by atoms with E-state index in [0.717, 1.165) is 18.1 Å². The van der Waals surface area contributed by atoms with E-state index < -0.39 is 17.7 Å². The highest BCUT2D eigenvalue weighted by molar-refractivity contribution is 5.93. The van der Waals surface area contributed by atoms with Gasteiger partial charge in [0.05, 0.1) is 11.2 Å². The molecular weight excluding hydrogens is 443 g/mol. The normalized spacial score (nSPS) is 22.1. The molecule has 1 saturated carbocycles. The number of benzene rings is 2. The van der Waals surface area contributed by atoms with E-state index in [4.69, 9.17) is 0 Å². The van der Waals surface area contributed by atoms with Crippen LogP contribution in [0.1, 0.15) is 44.1 Å². The average Bonchev–Trinajstić information content (AvgIpc) is 3.39. The first kappa shape index (κ1) is 22.5. The van der Waals surface area contributed by atoms with Gasteiger partial charge < -0.3 is 15.2 Å². The van der Waals surface area contributed by atoms with E-state index in [2.05, 4.69) is 10.3 Å². The predicted molar refractivity (Wildman–Crippen MR) is 122 cm³/mol. The van der Waals surface area contributed by atoms with Crippen molar-refractivity contribution in [1.29, 1.82) is 0 Å². The number of carbonyl (C=O) groups is 2. The van der Waals surface area contributed by atoms with Crippen LogP contribution in [0, 0.1) is 23.4 Å². The SMILES string of the molecule is CCNC(=O)[C@@H]1CCCN1C(=O)[C@H]1C[C@H](c2c(-c3ccc(F)cc3)[nH]c3c(F)cc(F)cc32)C1. The second-order valence-corrected chi connectivity index (χ2v) is 9.18. The lowest BCUT2D eigenvalue weighted by atomic mass is 9.69. The van der Waals surface area contributed by atoms with E-state index in [1.807, 2.05) is 6.92 Å². The standard InChI is InChI=1S/C26H26F3N3O2/c1-2-30-25(33)21-4-3-9-32(21)26(34)16-10-15(11-16)22-19-12-18(28)13-20(29)24(19)31-23(22)14-5-7-17(27)8-6-14/h5-8,12-13,15-16,21,31H,2-4,9-11H2,1H3,(H,30,33)/t15-,16-,21-/m0/s1. The lowest BCUT2D eigenvalue weighted by Gasteiger charge is -2.38. The molecule has 1 saturated heterocycles. The summed E-state index contributed by atoms with van der Waals surface area (Å²) in [7, 11) is 0. The summed E-state index contributed by atoms with van der Waals surface area (Å²) in [5.74, 6) is -2.25. The number of nitrogens with zero attached hydrogens (tertiary/aromatic N) is 1. The number of hydrogen-bond acceptors (Lipinski definition) is 2. The van der Waals surface area contributed by atoms with E-state index >= 15 is 0 Å². The Morgan fingerprint density at radius 2 is 1.82 bits per heavy atom. The van der Waals surface area contributed by atoms with Crippen LogP contribution in [0.4, 0.5) is 13.2 Å². The Labute approximate surface area is 195 Å². The smallest absolute Gasteiger partial charge is 0.242 e. The Bertz CT molecular complexity index is 1250. The number of carbonyl (C=O) groups excluding carboxylic acids is 2. The molecule has 0 unspecified atom stereocenters. The highest BCUT2D eigenvalue weighted by Crippen LogP contribution is 2.49. The summed E-state index contributed by atoms with van der Waals surface area (Å²) in [5.41, 5.74) is 2.21. The van der Waals surface area contributed by atoms with Crippen molar-refractivity contribution < 1.29 is 22.8 Å². The fourth-order valence-corrected chi connectivity index (χ4v) is 5.39. The monoisotopic (exact) mass is 469 g/mol. The molecule has 5 nitrogen and oxygen atoms in total. The zero-order chi connectivity index (χ0) is 24.0. The zero-order valence-corrected chi connectivity index (χ0v) is 18.8. The largest absolute Gasteiger partial charge is 0.355 e.